The molecule has 0 aromatic heterocycles. The van der Waals surface area contributed by atoms with Gasteiger partial charge in [0.2, 0.25) is 11.8 Å². The summed E-state index contributed by atoms with van der Waals surface area (Å²) in [5.41, 5.74) is 10.1. The summed E-state index contributed by atoms with van der Waals surface area (Å²) in [6, 6.07) is 3.75. The standard InChI is InChI=1S/C11H12ClN3O4/c12-7-3-6(1-2-8(7)16)11(19)15(4-9(13)17)5-10(14)18/h1-3,16H,4-5H2,(H2,13,17)(H2,14,18). The monoisotopic (exact) mass is 285 g/mol. The van der Waals surface area contributed by atoms with Crippen molar-refractivity contribution in [2.75, 3.05) is 13.1 Å². The fourth-order valence-corrected chi connectivity index (χ4v) is 1.58. The minimum absolute atomic E-state index is 0.0241. The summed E-state index contributed by atoms with van der Waals surface area (Å²) in [5.74, 6) is -2.38. The van der Waals surface area contributed by atoms with Crippen molar-refractivity contribution in [2.45, 2.75) is 0 Å². The summed E-state index contributed by atoms with van der Waals surface area (Å²) >= 11 is 5.67. The maximum atomic E-state index is 12.0. The molecule has 1 rings (SSSR count). The Balaban J connectivity index is 3.00. The fourth-order valence-electron chi connectivity index (χ4n) is 1.40. The van der Waals surface area contributed by atoms with Crippen LogP contribution in [0.1, 0.15) is 10.4 Å². The number of nitrogens with two attached hydrogens (primary N) is 2. The predicted octanol–water partition coefficient (Wildman–Crippen LogP) is -0.542. The van der Waals surface area contributed by atoms with E-state index in [1.165, 1.54) is 18.2 Å². The summed E-state index contributed by atoms with van der Waals surface area (Å²) in [6.07, 6.45) is 0. The van der Waals surface area contributed by atoms with E-state index in [-0.39, 0.29) is 16.3 Å². The summed E-state index contributed by atoms with van der Waals surface area (Å²) in [4.78, 5) is 34.7. The third-order valence-electron chi connectivity index (χ3n) is 2.18. The highest BCUT2D eigenvalue weighted by Crippen LogP contribution is 2.24. The van der Waals surface area contributed by atoms with Crippen LogP contribution in [0.3, 0.4) is 0 Å². The number of hydrogen-bond acceptors (Lipinski definition) is 4. The molecule has 0 radical (unpaired) electrons. The quantitative estimate of drug-likeness (QED) is 0.671. The van der Waals surface area contributed by atoms with E-state index in [4.69, 9.17) is 23.1 Å². The van der Waals surface area contributed by atoms with Gasteiger partial charge >= 0.3 is 0 Å². The first-order valence-electron chi connectivity index (χ1n) is 5.15. The molecule has 0 aliphatic rings. The zero-order valence-corrected chi connectivity index (χ0v) is 10.6. The van der Waals surface area contributed by atoms with Crippen LogP contribution in [-0.4, -0.2) is 40.8 Å². The fraction of sp³-hybridized carbons (Fsp3) is 0.182. The van der Waals surface area contributed by atoms with Gasteiger partial charge in [0.25, 0.3) is 5.91 Å². The van der Waals surface area contributed by atoms with Gasteiger partial charge in [-0.1, -0.05) is 11.6 Å². The molecular formula is C11H12ClN3O4. The normalized spacial score (nSPS) is 9.95. The first-order chi connectivity index (χ1) is 8.81. The third kappa shape index (κ3) is 4.14. The Morgan fingerprint density at radius 1 is 1.16 bits per heavy atom. The van der Waals surface area contributed by atoms with Crippen molar-refractivity contribution in [3.63, 3.8) is 0 Å². The van der Waals surface area contributed by atoms with E-state index in [2.05, 4.69) is 0 Å². The molecule has 5 N–H and O–H groups in total. The smallest absolute Gasteiger partial charge is 0.254 e. The molecule has 0 saturated heterocycles. The molecule has 0 aliphatic heterocycles. The molecule has 0 spiro atoms. The summed E-state index contributed by atoms with van der Waals surface area (Å²) in [7, 11) is 0. The Morgan fingerprint density at radius 2 is 1.68 bits per heavy atom. The lowest BCUT2D eigenvalue weighted by Gasteiger charge is -2.19. The van der Waals surface area contributed by atoms with Crippen molar-refractivity contribution in [2.24, 2.45) is 11.5 Å². The van der Waals surface area contributed by atoms with E-state index in [0.717, 1.165) is 4.90 Å². The average molecular weight is 286 g/mol. The van der Waals surface area contributed by atoms with Crippen molar-refractivity contribution in [1.82, 2.24) is 4.90 Å². The molecule has 0 fully saturated rings. The SMILES string of the molecule is NC(=O)CN(CC(N)=O)C(=O)c1ccc(O)c(Cl)c1. The van der Waals surface area contributed by atoms with Crippen LogP contribution in [0.2, 0.25) is 5.02 Å². The number of amides is 3. The molecule has 0 bridgehead atoms. The maximum absolute atomic E-state index is 12.0. The first kappa shape index (κ1) is 14.8. The lowest BCUT2D eigenvalue weighted by atomic mass is 10.2. The third-order valence-corrected chi connectivity index (χ3v) is 2.48. The van der Waals surface area contributed by atoms with Gasteiger partial charge in [-0.25, -0.2) is 0 Å². The van der Waals surface area contributed by atoms with E-state index in [1.807, 2.05) is 0 Å². The van der Waals surface area contributed by atoms with Gasteiger partial charge < -0.3 is 21.5 Å². The van der Waals surface area contributed by atoms with Gasteiger partial charge in [0.05, 0.1) is 5.02 Å². The van der Waals surface area contributed by atoms with Crippen LogP contribution in [0.4, 0.5) is 0 Å². The van der Waals surface area contributed by atoms with Crippen LogP contribution in [0.5, 0.6) is 5.75 Å². The number of nitrogens with zero attached hydrogens (tertiary/aromatic N) is 1. The van der Waals surface area contributed by atoms with Crippen molar-refractivity contribution >= 4 is 29.3 Å². The molecule has 8 heteroatoms. The molecule has 102 valence electrons. The molecule has 0 heterocycles. The van der Waals surface area contributed by atoms with E-state index in [9.17, 15) is 19.5 Å². The predicted molar refractivity (Wildman–Crippen MR) is 67.4 cm³/mol. The van der Waals surface area contributed by atoms with Gasteiger partial charge in [0, 0.05) is 5.56 Å². The van der Waals surface area contributed by atoms with Crippen molar-refractivity contribution in [3.8, 4) is 5.75 Å². The molecule has 3 amide bonds. The molecular weight excluding hydrogens is 274 g/mol. The Labute approximate surface area is 113 Å². The lowest BCUT2D eigenvalue weighted by Crippen LogP contribution is -2.43. The van der Waals surface area contributed by atoms with E-state index in [0.29, 0.717) is 0 Å². The second-order valence-electron chi connectivity index (χ2n) is 3.76. The van der Waals surface area contributed by atoms with Crippen LogP contribution in [0, 0.1) is 0 Å². The Hall–Kier alpha value is -2.28. The van der Waals surface area contributed by atoms with Crippen LogP contribution in [-0.2, 0) is 9.59 Å². The number of rotatable bonds is 5. The zero-order valence-electron chi connectivity index (χ0n) is 9.80. The molecule has 0 aliphatic carbocycles. The molecule has 0 atom stereocenters. The number of carbonyl (C=O) groups excluding carboxylic acids is 3. The summed E-state index contributed by atoms with van der Waals surface area (Å²) in [6.45, 7) is -0.888. The molecule has 1 aromatic carbocycles. The highest BCUT2D eigenvalue weighted by molar-refractivity contribution is 6.32. The number of phenols is 1. The van der Waals surface area contributed by atoms with Crippen molar-refractivity contribution < 1.29 is 19.5 Å². The minimum Gasteiger partial charge on any atom is -0.506 e. The first-order valence-corrected chi connectivity index (χ1v) is 5.53. The molecule has 19 heavy (non-hydrogen) atoms. The topological polar surface area (TPSA) is 127 Å². The number of aromatic hydroxyl groups is 1. The van der Waals surface area contributed by atoms with Crippen LogP contribution in [0.15, 0.2) is 18.2 Å². The second kappa shape index (κ2) is 6.05. The van der Waals surface area contributed by atoms with Crippen LogP contribution in [0.25, 0.3) is 0 Å². The van der Waals surface area contributed by atoms with E-state index < -0.39 is 30.8 Å². The number of benzene rings is 1. The Kier molecular flexibility index (Phi) is 4.71. The number of carbonyl (C=O) groups is 3. The van der Waals surface area contributed by atoms with Gasteiger partial charge in [-0.3, -0.25) is 14.4 Å². The van der Waals surface area contributed by atoms with E-state index >= 15 is 0 Å². The van der Waals surface area contributed by atoms with Crippen molar-refractivity contribution in [3.05, 3.63) is 28.8 Å². The van der Waals surface area contributed by atoms with E-state index in [1.54, 1.807) is 0 Å². The average Bonchev–Trinajstić information content (AvgIpc) is 2.29. The van der Waals surface area contributed by atoms with Gasteiger partial charge in [-0.05, 0) is 18.2 Å². The lowest BCUT2D eigenvalue weighted by molar-refractivity contribution is -0.121. The zero-order chi connectivity index (χ0) is 14.6. The molecule has 0 unspecified atom stereocenters. The number of hydrogen-bond donors (Lipinski definition) is 3. The Bertz CT molecular complexity index is 517. The van der Waals surface area contributed by atoms with Gasteiger partial charge in [0.1, 0.15) is 18.8 Å². The van der Waals surface area contributed by atoms with Crippen LogP contribution < -0.4 is 11.5 Å². The van der Waals surface area contributed by atoms with Crippen LogP contribution >= 0.6 is 11.6 Å². The molecule has 1 aromatic rings. The number of primary amides is 2. The molecule has 7 nitrogen and oxygen atoms in total. The molecule has 0 saturated carbocycles. The largest absolute Gasteiger partial charge is 0.506 e. The maximum Gasteiger partial charge on any atom is 0.254 e. The number of halogens is 1. The van der Waals surface area contributed by atoms with Gasteiger partial charge in [-0.2, -0.15) is 0 Å². The summed E-state index contributed by atoms with van der Waals surface area (Å²) in [5, 5.41) is 9.23. The minimum atomic E-state index is -0.778. The second-order valence-corrected chi connectivity index (χ2v) is 4.17. The highest BCUT2D eigenvalue weighted by atomic mass is 35.5. The Morgan fingerprint density at radius 3 is 2.11 bits per heavy atom. The summed E-state index contributed by atoms with van der Waals surface area (Å²) < 4.78 is 0. The van der Waals surface area contributed by atoms with Crippen molar-refractivity contribution in [1.29, 1.82) is 0 Å². The number of phenolic OH excluding ortho intramolecular Hbond substituents is 1. The van der Waals surface area contributed by atoms with Gasteiger partial charge in [0.15, 0.2) is 0 Å². The highest BCUT2D eigenvalue weighted by Gasteiger charge is 2.20. The van der Waals surface area contributed by atoms with Gasteiger partial charge in [-0.15, -0.1) is 0 Å².